The van der Waals surface area contributed by atoms with E-state index in [0.29, 0.717) is 5.56 Å². The standard InChI is InChI=1S/C15H14N6/c1-2-7-17-14-13-9-20-21(15(13)19-10-18-14)12-5-3-11(8-16)4-6-12/h3-6,9-10H,2,7H2,1H3,(H,17,18,19). The molecule has 0 aliphatic carbocycles. The maximum atomic E-state index is 8.85. The van der Waals surface area contributed by atoms with Gasteiger partial charge in [0.15, 0.2) is 5.65 Å². The molecule has 6 nitrogen and oxygen atoms in total. The van der Waals surface area contributed by atoms with Crippen molar-refractivity contribution in [3.63, 3.8) is 0 Å². The molecule has 6 heteroatoms. The van der Waals surface area contributed by atoms with Gasteiger partial charge in [-0.05, 0) is 30.7 Å². The lowest BCUT2D eigenvalue weighted by atomic mass is 10.2. The summed E-state index contributed by atoms with van der Waals surface area (Å²) in [6, 6.07) is 9.34. The molecule has 2 heterocycles. The van der Waals surface area contributed by atoms with Gasteiger partial charge >= 0.3 is 0 Å². The minimum atomic E-state index is 0.620. The molecule has 0 aliphatic heterocycles. The van der Waals surface area contributed by atoms with Crippen LogP contribution in [0.5, 0.6) is 0 Å². The summed E-state index contributed by atoms with van der Waals surface area (Å²) < 4.78 is 1.75. The molecule has 2 aromatic heterocycles. The van der Waals surface area contributed by atoms with E-state index in [2.05, 4.69) is 33.4 Å². The Hall–Kier alpha value is -2.94. The summed E-state index contributed by atoms with van der Waals surface area (Å²) in [6.45, 7) is 2.96. The second-order valence-corrected chi connectivity index (χ2v) is 4.60. The largest absolute Gasteiger partial charge is 0.369 e. The molecule has 0 spiro atoms. The highest BCUT2D eigenvalue weighted by Crippen LogP contribution is 2.21. The van der Waals surface area contributed by atoms with E-state index in [4.69, 9.17) is 5.26 Å². The summed E-state index contributed by atoms with van der Waals surface area (Å²) >= 11 is 0. The molecular weight excluding hydrogens is 264 g/mol. The monoisotopic (exact) mass is 278 g/mol. The van der Waals surface area contributed by atoms with Crippen LogP contribution in [0.1, 0.15) is 18.9 Å². The zero-order valence-corrected chi connectivity index (χ0v) is 11.6. The van der Waals surface area contributed by atoms with Gasteiger partial charge in [-0.25, -0.2) is 14.6 Å². The van der Waals surface area contributed by atoms with Crippen LogP contribution in [-0.4, -0.2) is 26.3 Å². The predicted octanol–water partition coefficient (Wildman–Crippen LogP) is 2.51. The van der Waals surface area contributed by atoms with Crippen molar-refractivity contribution in [1.82, 2.24) is 19.7 Å². The number of hydrogen-bond acceptors (Lipinski definition) is 5. The van der Waals surface area contributed by atoms with E-state index in [1.54, 1.807) is 23.0 Å². The fourth-order valence-electron chi connectivity index (χ4n) is 2.09. The van der Waals surface area contributed by atoms with Crippen molar-refractivity contribution < 1.29 is 0 Å². The first-order valence-electron chi connectivity index (χ1n) is 6.76. The van der Waals surface area contributed by atoms with Crippen molar-refractivity contribution in [1.29, 1.82) is 5.26 Å². The Morgan fingerprint density at radius 1 is 1.24 bits per heavy atom. The highest BCUT2D eigenvalue weighted by Gasteiger charge is 2.10. The molecule has 0 amide bonds. The second-order valence-electron chi connectivity index (χ2n) is 4.60. The average molecular weight is 278 g/mol. The molecule has 0 fully saturated rings. The summed E-state index contributed by atoms with van der Waals surface area (Å²) in [4.78, 5) is 8.57. The van der Waals surface area contributed by atoms with E-state index in [1.165, 1.54) is 6.33 Å². The van der Waals surface area contributed by atoms with Crippen LogP contribution in [-0.2, 0) is 0 Å². The highest BCUT2D eigenvalue weighted by atomic mass is 15.3. The molecule has 1 N–H and O–H groups in total. The van der Waals surface area contributed by atoms with Gasteiger partial charge in [-0.1, -0.05) is 6.92 Å². The number of nitrogens with one attached hydrogen (secondary N) is 1. The SMILES string of the molecule is CCCNc1ncnc2c1cnn2-c1ccc(C#N)cc1. The summed E-state index contributed by atoms with van der Waals surface area (Å²) in [5.74, 6) is 0.793. The molecule has 0 atom stereocenters. The molecule has 3 rings (SSSR count). The normalized spacial score (nSPS) is 10.5. The van der Waals surface area contributed by atoms with Crippen LogP contribution in [0, 0.1) is 11.3 Å². The molecule has 0 saturated heterocycles. The van der Waals surface area contributed by atoms with Gasteiger partial charge in [0.1, 0.15) is 12.1 Å². The van der Waals surface area contributed by atoms with Crippen LogP contribution in [0.3, 0.4) is 0 Å². The summed E-state index contributed by atoms with van der Waals surface area (Å²) in [7, 11) is 0. The molecule has 3 aromatic rings. The zero-order chi connectivity index (χ0) is 14.7. The molecular formula is C15H14N6. The van der Waals surface area contributed by atoms with Crippen molar-refractivity contribution in [2.45, 2.75) is 13.3 Å². The van der Waals surface area contributed by atoms with Crippen LogP contribution in [0.4, 0.5) is 5.82 Å². The molecule has 1 aromatic carbocycles. The van der Waals surface area contributed by atoms with Crippen LogP contribution in [0.25, 0.3) is 16.7 Å². The first-order valence-corrected chi connectivity index (χ1v) is 6.76. The molecule has 0 radical (unpaired) electrons. The molecule has 0 saturated carbocycles. The molecule has 21 heavy (non-hydrogen) atoms. The summed E-state index contributed by atoms with van der Waals surface area (Å²) in [6.07, 6.45) is 4.31. The number of aromatic nitrogens is 4. The fraction of sp³-hybridized carbons (Fsp3) is 0.200. The lowest BCUT2D eigenvalue weighted by Gasteiger charge is -2.05. The number of anilines is 1. The van der Waals surface area contributed by atoms with Crippen LogP contribution in [0.2, 0.25) is 0 Å². The third kappa shape index (κ3) is 2.41. The number of rotatable bonds is 4. The topological polar surface area (TPSA) is 79.4 Å². The van der Waals surface area contributed by atoms with Crippen LogP contribution >= 0.6 is 0 Å². The lowest BCUT2D eigenvalue weighted by molar-refractivity contribution is 0.894. The van der Waals surface area contributed by atoms with Crippen molar-refractivity contribution in [2.75, 3.05) is 11.9 Å². The molecule has 0 unspecified atom stereocenters. The molecule has 0 bridgehead atoms. The number of nitrogens with zero attached hydrogens (tertiary/aromatic N) is 5. The van der Waals surface area contributed by atoms with Gasteiger partial charge < -0.3 is 5.32 Å². The number of fused-ring (bicyclic) bond motifs is 1. The van der Waals surface area contributed by atoms with E-state index < -0.39 is 0 Å². The Morgan fingerprint density at radius 2 is 2.05 bits per heavy atom. The Labute approximate surface area is 122 Å². The summed E-state index contributed by atoms with van der Waals surface area (Å²) in [5.41, 5.74) is 2.23. The maximum Gasteiger partial charge on any atom is 0.168 e. The average Bonchev–Trinajstić information content (AvgIpc) is 2.97. The van der Waals surface area contributed by atoms with Gasteiger partial charge in [0.25, 0.3) is 0 Å². The van der Waals surface area contributed by atoms with Gasteiger partial charge in [0.05, 0.1) is 28.9 Å². The van der Waals surface area contributed by atoms with Gasteiger partial charge in [-0.2, -0.15) is 10.4 Å². The van der Waals surface area contributed by atoms with Gasteiger partial charge in [-0.15, -0.1) is 0 Å². The second kappa shape index (κ2) is 5.59. The van der Waals surface area contributed by atoms with Gasteiger partial charge in [-0.3, -0.25) is 0 Å². The number of nitriles is 1. The highest BCUT2D eigenvalue weighted by molar-refractivity contribution is 5.87. The third-order valence-corrected chi connectivity index (χ3v) is 3.15. The first-order chi connectivity index (χ1) is 10.3. The summed E-state index contributed by atoms with van der Waals surface area (Å²) in [5, 5.41) is 17.4. The number of benzene rings is 1. The first kappa shape index (κ1) is 13.1. The third-order valence-electron chi connectivity index (χ3n) is 3.15. The Bertz CT molecular complexity index is 797. The maximum absolute atomic E-state index is 8.85. The van der Waals surface area contributed by atoms with E-state index in [0.717, 1.165) is 35.5 Å². The Kier molecular flexibility index (Phi) is 3.48. The van der Waals surface area contributed by atoms with Crippen LogP contribution in [0.15, 0.2) is 36.8 Å². The quantitative estimate of drug-likeness (QED) is 0.793. The van der Waals surface area contributed by atoms with Crippen molar-refractivity contribution in [3.05, 3.63) is 42.4 Å². The van der Waals surface area contributed by atoms with Crippen molar-refractivity contribution in [2.24, 2.45) is 0 Å². The Morgan fingerprint density at radius 3 is 2.76 bits per heavy atom. The Balaban J connectivity index is 2.05. The van der Waals surface area contributed by atoms with E-state index in [1.807, 2.05) is 12.1 Å². The minimum absolute atomic E-state index is 0.620. The smallest absolute Gasteiger partial charge is 0.168 e. The van der Waals surface area contributed by atoms with Gasteiger partial charge in [0, 0.05) is 6.54 Å². The minimum Gasteiger partial charge on any atom is -0.369 e. The zero-order valence-electron chi connectivity index (χ0n) is 11.6. The predicted molar refractivity (Wildman–Crippen MR) is 80.2 cm³/mol. The van der Waals surface area contributed by atoms with Crippen LogP contribution < -0.4 is 5.32 Å². The molecule has 104 valence electrons. The van der Waals surface area contributed by atoms with E-state index in [-0.39, 0.29) is 0 Å². The van der Waals surface area contributed by atoms with E-state index >= 15 is 0 Å². The van der Waals surface area contributed by atoms with Gasteiger partial charge in [0.2, 0.25) is 0 Å². The van der Waals surface area contributed by atoms with Crippen molar-refractivity contribution in [3.8, 4) is 11.8 Å². The van der Waals surface area contributed by atoms with E-state index in [9.17, 15) is 0 Å². The van der Waals surface area contributed by atoms with Crippen molar-refractivity contribution >= 4 is 16.9 Å². The fourth-order valence-corrected chi connectivity index (χ4v) is 2.09. The lowest BCUT2D eigenvalue weighted by Crippen LogP contribution is -2.03. The molecule has 0 aliphatic rings. The number of hydrogen-bond donors (Lipinski definition) is 1.